The molecule has 1 rings (SSSR count). The number of carbonyl (C=O) groups is 1. The Kier molecular flexibility index (Phi) is 5.23. The molecule has 0 saturated carbocycles. The van der Waals surface area contributed by atoms with Crippen LogP contribution in [-0.2, 0) is 11.3 Å². The summed E-state index contributed by atoms with van der Waals surface area (Å²) in [5, 5.41) is 11.9. The fourth-order valence-electron chi connectivity index (χ4n) is 1.24. The molecule has 0 aliphatic carbocycles. The molecular weight excluding hydrogens is 218 g/mol. The van der Waals surface area contributed by atoms with Gasteiger partial charge >= 0.3 is 6.09 Å². The summed E-state index contributed by atoms with van der Waals surface area (Å²) in [7, 11) is 0. The molecular formula is C13H17NO3. The number of rotatable bonds is 5. The molecule has 0 spiro atoms. The van der Waals surface area contributed by atoms with Crippen molar-refractivity contribution in [3.8, 4) is 0 Å². The van der Waals surface area contributed by atoms with Gasteiger partial charge in [0.05, 0.1) is 12.1 Å². The quantitative estimate of drug-likeness (QED) is 0.766. The molecule has 1 aromatic rings. The lowest BCUT2D eigenvalue weighted by molar-refractivity contribution is 0.121. The zero-order valence-corrected chi connectivity index (χ0v) is 9.80. The molecule has 1 aromatic carbocycles. The molecule has 0 aromatic heterocycles. The lowest BCUT2D eigenvalue weighted by Gasteiger charge is -2.16. The number of aliphatic hydroxyl groups is 1. The van der Waals surface area contributed by atoms with E-state index in [0.717, 1.165) is 5.56 Å². The highest BCUT2D eigenvalue weighted by Crippen LogP contribution is 2.01. The zero-order chi connectivity index (χ0) is 12.7. The zero-order valence-electron chi connectivity index (χ0n) is 9.80. The maximum Gasteiger partial charge on any atom is 0.407 e. The number of benzene rings is 1. The fourth-order valence-corrected chi connectivity index (χ4v) is 1.24. The van der Waals surface area contributed by atoms with Crippen molar-refractivity contribution in [2.75, 3.05) is 0 Å². The third kappa shape index (κ3) is 4.70. The van der Waals surface area contributed by atoms with Crippen molar-refractivity contribution in [1.82, 2.24) is 5.32 Å². The molecule has 0 saturated heterocycles. The molecule has 0 radical (unpaired) electrons. The van der Waals surface area contributed by atoms with Crippen LogP contribution >= 0.6 is 0 Å². The molecule has 92 valence electrons. The van der Waals surface area contributed by atoms with Crippen molar-refractivity contribution in [1.29, 1.82) is 0 Å². The third-order valence-corrected chi connectivity index (χ3v) is 2.31. The van der Waals surface area contributed by atoms with Gasteiger partial charge in [0.15, 0.2) is 0 Å². The molecule has 0 heterocycles. The topological polar surface area (TPSA) is 58.6 Å². The summed E-state index contributed by atoms with van der Waals surface area (Å²) in [6, 6.07) is 8.97. The minimum absolute atomic E-state index is 0.212. The maximum absolute atomic E-state index is 11.4. The van der Waals surface area contributed by atoms with Crippen LogP contribution in [0.4, 0.5) is 4.79 Å². The van der Waals surface area contributed by atoms with Crippen LogP contribution in [0, 0.1) is 0 Å². The highest BCUT2D eigenvalue weighted by Gasteiger charge is 2.13. The molecule has 4 nitrogen and oxygen atoms in total. The number of hydrogen-bond donors (Lipinski definition) is 2. The number of alkyl carbamates (subject to hydrolysis) is 1. The number of ether oxygens (including phenoxy) is 1. The molecule has 2 atom stereocenters. The van der Waals surface area contributed by atoms with Gasteiger partial charge in [-0.3, -0.25) is 0 Å². The standard InChI is InChI=1S/C13H17NO3/c1-3-12(15)10(2)14-13(16)17-9-11-7-5-4-6-8-11/h3-8,10,12,15H,1,9H2,2H3,(H,14,16). The first kappa shape index (κ1) is 13.3. The van der Waals surface area contributed by atoms with Gasteiger partial charge < -0.3 is 15.2 Å². The summed E-state index contributed by atoms with van der Waals surface area (Å²) < 4.78 is 5.00. The molecule has 0 aliphatic heterocycles. The van der Waals surface area contributed by atoms with Crippen LogP contribution in [0.1, 0.15) is 12.5 Å². The van der Waals surface area contributed by atoms with Gasteiger partial charge in [0.25, 0.3) is 0 Å². The van der Waals surface area contributed by atoms with Gasteiger partial charge in [-0.05, 0) is 12.5 Å². The Morgan fingerprint density at radius 1 is 1.53 bits per heavy atom. The van der Waals surface area contributed by atoms with Crippen LogP contribution in [0.5, 0.6) is 0 Å². The molecule has 0 fully saturated rings. The summed E-state index contributed by atoms with van der Waals surface area (Å²) in [6.45, 7) is 5.33. The summed E-state index contributed by atoms with van der Waals surface area (Å²) in [6.07, 6.45) is 0.0313. The predicted octanol–water partition coefficient (Wildman–Crippen LogP) is 1.85. The summed E-state index contributed by atoms with van der Waals surface area (Å²) in [4.78, 5) is 11.4. The number of nitrogens with one attached hydrogen (secondary N) is 1. The Labute approximate surface area is 101 Å². The minimum Gasteiger partial charge on any atom is -0.445 e. The molecule has 2 N–H and O–H groups in total. The largest absolute Gasteiger partial charge is 0.445 e. The predicted molar refractivity (Wildman–Crippen MR) is 65.4 cm³/mol. The molecule has 17 heavy (non-hydrogen) atoms. The van der Waals surface area contributed by atoms with Crippen molar-refractivity contribution in [3.05, 3.63) is 48.6 Å². The maximum atomic E-state index is 11.4. The van der Waals surface area contributed by atoms with E-state index in [1.54, 1.807) is 6.92 Å². The Hall–Kier alpha value is -1.81. The molecule has 1 amide bonds. The van der Waals surface area contributed by atoms with Crippen molar-refractivity contribution >= 4 is 6.09 Å². The summed E-state index contributed by atoms with van der Waals surface area (Å²) >= 11 is 0. The average Bonchev–Trinajstić information content (AvgIpc) is 2.36. The van der Waals surface area contributed by atoms with E-state index in [1.807, 2.05) is 30.3 Å². The van der Waals surface area contributed by atoms with Gasteiger partial charge in [-0.25, -0.2) is 4.79 Å². The lowest BCUT2D eigenvalue weighted by Crippen LogP contribution is -2.40. The molecule has 2 unspecified atom stereocenters. The Balaban J connectivity index is 2.33. The van der Waals surface area contributed by atoms with Crippen LogP contribution in [-0.4, -0.2) is 23.3 Å². The highest BCUT2D eigenvalue weighted by atomic mass is 16.5. The minimum atomic E-state index is -0.778. The first-order chi connectivity index (χ1) is 8.13. The molecule has 4 heteroatoms. The lowest BCUT2D eigenvalue weighted by atomic mass is 10.2. The van der Waals surface area contributed by atoms with E-state index in [1.165, 1.54) is 6.08 Å². The number of hydrogen-bond acceptors (Lipinski definition) is 3. The first-order valence-corrected chi connectivity index (χ1v) is 5.41. The van der Waals surface area contributed by atoms with Gasteiger partial charge in [-0.2, -0.15) is 0 Å². The smallest absolute Gasteiger partial charge is 0.407 e. The van der Waals surface area contributed by atoms with E-state index < -0.39 is 18.2 Å². The monoisotopic (exact) mass is 235 g/mol. The van der Waals surface area contributed by atoms with Crippen LogP contribution in [0.2, 0.25) is 0 Å². The average molecular weight is 235 g/mol. The van der Waals surface area contributed by atoms with Gasteiger partial charge in [-0.1, -0.05) is 36.4 Å². The summed E-state index contributed by atoms with van der Waals surface area (Å²) in [5.74, 6) is 0. The van der Waals surface area contributed by atoms with Gasteiger partial charge in [-0.15, -0.1) is 6.58 Å². The first-order valence-electron chi connectivity index (χ1n) is 5.41. The van der Waals surface area contributed by atoms with Crippen LogP contribution in [0.3, 0.4) is 0 Å². The van der Waals surface area contributed by atoms with Crippen LogP contribution in [0.15, 0.2) is 43.0 Å². The fraction of sp³-hybridized carbons (Fsp3) is 0.308. The Morgan fingerprint density at radius 2 is 2.18 bits per heavy atom. The van der Waals surface area contributed by atoms with Gasteiger partial charge in [0, 0.05) is 0 Å². The third-order valence-electron chi connectivity index (χ3n) is 2.31. The van der Waals surface area contributed by atoms with Crippen LogP contribution in [0.25, 0.3) is 0 Å². The second-order valence-electron chi connectivity index (χ2n) is 3.72. The number of aliphatic hydroxyl groups excluding tert-OH is 1. The van der Waals surface area contributed by atoms with E-state index in [4.69, 9.17) is 4.74 Å². The normalized spacial score (nSPS) is 13.5. The second-order valence-corrected chi connectivity index (χ2v) is 3.72. The number of carbonyl (C=O) groups excluding carboxylic acids is 1. The van der Waals surface area contributed by atoms with Crippen molar-refractivity contribution in [2.45, 2.75) is 25.7 Å². The Bertz CT molecular complexity index is 364. The summed E-state index contributed by atoms with van der Waals surface area (Å²) in [5.41, 5.74) is 0.916. The molecule has 0 bridgehead atoms. The highest BCUT2D eigenvalue weighted by molar-refractivity contribution is 5.67. The van der Waals surface area contributed by atoms with E-state index in [0.29, 0.717) is 0 Å². The van der Waals surface area contributed by atoms with Crippen molar-refractivity contribution in [2.24, 2.45) is 0 Å². The van der Waals surface area contributed by atoms with Gasteiger partial charge in [0.2, 0.25) is 0 Å². The van der Waals surface area contributed by atoms with Crippen molar-refractivity contribution < 1.29 is 14.6 Å². The SMILES string of the molecule is C=CC(O)C(C)NC(=O)OCc1ccccc1. The van der Waals surface area contributed by atoms with E-state index in [2.05, 4.69) is 11.9 Å². The van der Waals surface area contributed by atoms with E-state index >= 15 is 0 Å². The van der Waals surface area contributed by atoms with Crippen molar-refractivity contribution in [3.63, 3.8) is 0 Å². The van der Waals surface area contributed by atoms with E-state index in [-0.39, 0.29) is 6.61 Å². The molecule has 0 aliphatic rings. The number of amides is 1. The van der Waals surface area contributed by atoms with Crippen LogP contribution < -0.4 is 5.32 Å². The van der Waals surface area contributed by atoms with E-state index in [9.17, 15) is 9.90 Å². The van der Waals surface area contributed by atoms with Gasteiger partial charge in [0.1, 0.15) is 6.61 Å². The Morgan fingerprint density at radius 3 is 2.76 bits per heavy atom. The second kappa shape index (κ2) is 6.70.